The van der Waals surface area contributed by atoms with Crippen LogP contribution in [0.5, 0.6) is 0 Å². The van der Waals surface area contributed by atoms with E-state index in [0.717, 1.165) is 5.56 Å². The highest BCUT2D eigenvalue weighted by atomic mass is 32.2. The molecule has 0 bridgehead atoms. The lowest BCUT2D eigenvalue weighted by molar-refractivity contribution is -0.118. The summed E-state index contributed by atoms with van der Waals surface area (Å²) in [6, 6.07) is 14.3. The summed E-state index contributed by atoms with van der Waals surface area (Å²) in [5, 5.41) is 2.96. The first-order chi connectivity index (χ1) is 10.1. The van der Waals surface area contributed by atoms with Crippen molar-refractivity contribution in [1.82, 2.24) is 5.32 Å². The lowest BCUT2D eigenvalue weighted by Crippen LogP contribution is -2.24. The molecule has 0 heterocycles. The smallest absolute Gasteiger partial charge is 0.230 e. The third kappa shape index (κ3) is 4.64. The van der Waals surface area contributed by atoms with Crippen LogP contribution >= 0.6 is 11.8 Å². The highest BCUT2D eigenvalue weighted by molar-refractivity contribution is 8.00. The molecule has 110 valence electrons. The Morgan fingerprint density at radius 1 is 1.05 bits per heavy atom. The van der Waals surface area contributed by atoms with Gasteiger partial charge in [0.25, 0.3) is 0 Å². The van der Waals surface area contributed by atoms with Crippen molar-refractivity contribution >= 4 is 17.7 Å². The summed E-state index contributed by atoms with van der Waals surface area (Å²) in [6.45, 7) is 6.89. The highest BCUT2D eigenvalue weighted by Gasteiger charge is 2.08. The van der Waals surface area contributed by atoms with E-state index in [9.17, 15) is 4.79 Å². The van der Waals surface area contributed by atoms with Gasteiger partial charge in [-0.1, -0.05) is 48.0 Å². The summed E-state index contributed by atoms with van der Waals surface area (Å²) in [6.07, 6.45) is 0. The monoisotopic (exact) mass is 299 g/mol. The van der Waals surface area contributed by atoms with Crippen molar-refractivity contribution in [2.24, 2.45) is 0 Å². The summed E-state index contributed by atoms with van der Waals surface area (Å²) >= 11 is 1.61. The Kier molecular flexibility index (Phi) is 5.45. The van der Waals surface area contributed by atoms with E-state index in [0.29, 0.717) is 12.3 Å². The molecule has 0 aliphatic rings. The number of nitrogens with one attached hydrogen (secondary N) is 1. The van der Waals surface area contributed by atoms with Crippen molar-refractivity contribution in [3.8, 4) is 0 Å². The molecule has 3 heteroatoms. The average Bonchev–Trinajstić information content (AvgIpc) is 2.45. The average molecular weight is 299 g/mol. The van der Waals surface area contributed by atoms with E-state index in [1.54, 1.807) is 11.8 Å². The van der Waals surface area contributed by atoms with Crippen LogP contribution in [0.15, 0.2) is 47.4 Å². The van der Waals surface area contributed by atoms with Crippen LogP contribution in [0.4, 0.5) is 0 Å². The minimum Gasteiger partial charge on any atom is -0.351 e. The number of thioether (sulfide) groups is 1. The standard InChI is InChI=1S/C18H21NOS/c1-13-9-14(2)18(15(3)10-13)21-12-17(20)19-11-16-7-5-4-6-8-16/h4-10H,11-12H2,1-3H3,(H,19,20). The van der Waals surface area contributed by atoms with Gasteiger partial charge in [-0.2, -0.15) is 0 Å². The quantitative estimate of drug-likeness (QED) is 0.845. The van der Waals surface area contributed by atoms with Crippen LogP contribution in [-0.2, 0) is 11.3 Å². The maximum atomic E-state index is 11.9. The second-order valence-corrected chi connectivity index (χ2v) is 6.26. The van der Waals surface area contributed by atoms with E-state index < -0.39 is 0 Å². The zero-order valence-electron chi connectivity index (χ0n) is 12.8. The molecule has 2 nitrogen and oxygen atoms in total. The first-order valence-corrected chi connectivity index (χ1v) is 8.06. The van der Waals surface area contributed by atoms with Gasteiger partial charge in [-0.15, -0.1) is 11.8 Å². The number of amides is 1. The Morgan fingerprint density at radius 2 is 1.67 bits per heavy atom. The molecule has 0 saturated heterocycles. The molecule has 2 rings (SSSR count). The molecule has 1 amide bonds. The number of hydrogen-bond acceptors (Lipinski definition) is 2. The highest BCUT2D eigenvalue weighted by Crippen LogP contribution is 2.27. The summed E-state index contributed by atoms with van der Waals surface area (Å²) in [5.74, 6) is 0.528. The van der Waals surface area contributed by atoms with Crippen molar-refractivity contribution in [3.05, 3.63) is 64.7 Å². The Balaban J connectivity index is 1.87. The van der Waals surface area contributed by atoms with Gasteiger partial charge < -0.3 is 5.32 Å². The van der Waals surface area contributed by atoms with Crippen molar-refractivity contribution in [1.29, 1.82) is 0 Å². The van der Waals surface area contributed by atoms with E-state index in [1.165, 1.54) is 21.6 Å². The molecule has 2 aromatic carbocycles. The van der Waals surface area contributed by atoms with Gasteiger partial charge in [-0.05, 0) is 37.5 Å². The molecule has 0 fully saturated rings. The van der Waals surface area contributed by atoms with Crippen LogP contribution < -0.4 is 5.32 Å². The molecule has 0 unspecified atom stereocenters. The fraction of sp³-hybridized carbons (Fsp3) is 0.278. The van der Waals surface area contributed by atoms with Crippen molar-refractivity contribution in [2.45, 2.75) is 32.2 Å². The summed E-state index contributed by atoms with van der Waals surface area (Å²) in [4.78, 5) is 13.2. The minimum atomic E-state index is 0.0724. The van der Waals surface area contributed by atoms with Gasteiger partial charge in [0, 0.05) is 11.4 Å². The molecule has 0 atom stereocenters. The van der Waals surface area contributed by atoms with Crippen molar-refractivity contribution in [2.75, 3.05) is 5.75 Å². The molecular weight excluding hydrogens is 278 g/mol. The van der Waals surface area contributed by atoms with Crippen LogP contribution in [0.3, 0.4) is 0 Å². The van der Waals surface area contributed by atoms with E-state index in [1.807, 2.05) is 30.3 Å². The van der Waals surface area contributed by atoms with Gasteiger partial charge in [-0.3, -0.25) is 4.79 Å². The van der Waals surface area contributed by atoms with Gasteiger partial charge in [0.15, 0.2) is 0 Å². The van der Waals surface area contributed by atoms with Crippen LogP contribution in [0.25, 0.3) is 0 Å². The summed E-state index contributed by atoms with van der Waals surface area (Å²) in [7, 11) is 0. The second-order valence-electron chi connectivity index (χ2n) is 5.28. The third-order valence-electron chi connectivity index (χ3n) is 3.28. The van der Waals surface area contributed by atoms with Gasteiger partial charge >= 0.3 is 0 Å². The van der Waals surface area contributed by atoms with E-state index in [2.05, 4.69) is 38.2 Å². The molecule has 0 radical (unpaired) electrons. The van der Waals surface area contributed by atoms with Gasteiger partial charge in [0.1, 0.15) is 0 Å². The molecule has 0 aliphatic carbocycles. The largest absolute Gasteiger partial charge is 0.351 e. The van der Waals surface area contributed by atoms with Crippen LogP contribution in [0.2, 0.25) is 0 Å². The normalized spacial score (nSPS) is 10.4. The SMILES string of the molecule is Cc1cc(C)c(SCC(=O)NCc2ccccc2)c(C)c1. The molecule has 2 aromatic rings. The number of carbonyl (C=O) groups excluding carboxylic acids is 1. The zero-order valence-corrected chi connectivity index (χ0v) is 13.6. The minimum absolute atomic E-state index is 0.0724. The number of aryl methyl sites for hydroxylation is 3. The molecule has 0 saturated carbocycles. The number of hydrogen-bond donors (Lipinski definition) is 1. The lowest BCUT2D eigenvalue weighted by atomic mass is 10.1. The van der Waals surface area contributed by atoms with Gasteiger partial charge in [-0.25, -0.2) is 0 Å². The lowest BCUT2D eigenvalue weighted by Gasteiger charge is -2.11. The van der Waals surface area contributed by atoms with Gasteiger partial charge in [0.05, 0.1) is 5.75 Å². The van der Waals surface area contributed by atoms with Crippen molar-refractivity contribution < 1.29 is 4.79 Å². The number of carbonyl (C=O) groups is 1. The molecule has 21 heavy (non-hydrogen) atoms. The number of benzene rings is 2. The van der Waals surface area contributed by atoms with E-state index in [-0.39, 0.29) is 5.91 Å². The van der Waals surface area contributed by atoms with E-state index in [4.69, 9.17) is 0 Å². The topological polar surface area (TPSA) is 29.1 Å². The first-order valence-electron chi connectivity index (χ1n) is 7.07. The maximum Gasteiger partial charge on any atom is 0.230 e. The van der Waals surface area contributed by atoms with Crippen LogP contribution in [0.1, 0.15) is 22.3 Å². The Morgan fingerprint density at radius 3 is 2.29 bits per heavy atom. The van der Waals surface area contributed by atoms with E-state index >= 15 is 0 Å². The fourth-order valence-electron chi connectivity index (χ4n) is 2.38. The second kappa shape index (κ2) is 7.32. The van der Waals surface area contributed by atoms with Crippen molar-refractivity contribution in [3.63, 3.8) is 0 Å². The molecule has 1 N–H and O–H groups in total. The fourth-order valence-corrected chi connectivity index (χ4v) is 3.33. The number of rotatable bonds is 5. The summed E-state index contributed by atoms with van der Waals surface area (Å²) in [5.41, 5.74) is 4.88. The Bertz CT molecular complexity index is 599. The summed E-state index contributed by atoms with van der Waals surface area (Å²) < 4.78 is 0. The first kappa shape index (κ1) is 15.6. The Hall–Kier alpha value is -1.74. The molecule has 0 aromatic heterocycles. The molecular formula is C18H21NOS. The van der Waals surface area contributed by atoms with Crippen LogP contribution in [0, 0.1) is 20.8 Å². The maximum absolute atomic E-state index is 11.9. The zero-order chi connectivity index (χ0) is 15.2. The molecule has 0 spiro atoms. The Labute approximate surface area is 131 Å². The van der Waals surface area contributed by atoms with Gasteiger partial charge in [0.2, 0.25) is 5.91 Å². The predicted octanol–water partition coefficient (Wildman–Crippen LogP) is 4.02. The predicted molar refractivity (Wildman–Crippen MR) is 89.7 cm³/mol. The third-order valence-corrected chi connectivity index (χ3v) is 4.62. The molecule has 0 aliphatic heterocycles. The van der Waals surface area contributed by atoms with Crippen LogP contribution in [-0.4, -0.2) is 11.7 Å².